The quantitative estimate of drug-likeness (QED) is 0.789. The van der Waals surface area contributed by atoms with Gasteiger partial charge in [0, 0.05) is 37.0 Å². The summed E-state index contributed by atoms with van der Waals surface area (Å²) in [5.41, 5.74) is 1.39. The summed E-state index contributed by atoms with van der Waals surface area (Å²) in [5, 5.41) is 5.43. The van der Waals surface area contributed by atoms with Gasteiger partial charge in [0.15, 0.2) is 0 Å². The minimum atomic E-state index is 0.231. The molecule has 2 heterocycles. The molecule has 4 heteroatoms. The minimum Gasteiger partial charge on any atom is -0.378 e. The zero-order valence-corrected chi connectivity index (χ0v) is 10.8. The molecule has 1 saturated heterocycles. The van der Waals surface area contributed by atoms with Crippen molar-refractivity contribution >= 4 is 15.9 Å². The first-order chi connectivity index (χ1) is 7.16. The van der Waals surface area contributed by atoms with Crippen molar-refractivity contribution in [3.05, 3.63) is 18.0 Å². The highest BCUT2D eigenvalue weighted by Gasteiger charge is 2.41. The SMILES string of the molecule is CC1OCCC1(CBr)Cc1ccn(C)n1. The monoisotopic (exact) mass is 272 g/mol. The summed E-state index contributed by atoms with van der Waals surface area (Å²) in [4.78, 5) is 0. The van der Waals surface area contributed by atoms with Crippen LogP contribution in [0.5, 0.6) is 0 Å². The highest BCUT2D eigenvalue weighted by molar-refractivity contribution is 9.09. The van der Waals surface area contributed by atoms with Crippen LogP contribution in [0, 0.1) is 5.41 Å². The Bertz CT molecular complexity index is 339. The standard InChI is InChI=1S/C11H17BrN2O/c1-9-11(8-12,4-6-15-9)7-10-3-5-14(2)13-10/h3,5,9H,4,6-8H2,1-2H3. The van der Waals surface area contributed by atoms with Crippen LogP contribution in [0.15, 0.2) is 12.3 Å². The molecule has 0 radical (unpaired) electrons. The Labute approximate surface area is 98.9 Å². The highest BCUT2D eigenvalue weighted by atomic mass is 79.9. The van der Waals surface area contributed by atoms with Gasteiger partial charge >= 0.3 is 0 Å². The van der Waals surface area contributed by atoms with Gasteiger partial charge in [-0.3, -0.25) is 4.68 Å². The van der Waals surface area contributed by atoms with Gasteiger partial charge in [0.25, 0.3) is 0 Å². The Hall–Kier alpha value is -0.350. The van der Waals surface area contributed by atoms with Crippen LogP contribution < -0.4 is 0 Å². The average Bonchev–Trinajstić information content (AvgIpc) is 2.76. The molecule has 2 unspecified atom stereocenters. The first-order valence-electron chi connectivity index (χ1n) is 5.32. The van der Waals surface area contributed by atoms with Gasteiger partial charge in [-0.2, -0.15) is 5.10 Å². The lowest BCUT2D eigenvalue weighted by Gasteiger charge is -2.29. The molecular formula is C11H17BrN2O. The molecule has 3 nitrogen and oxygen atoms in total. The summed E-state index contributed by atoms with van der Waals surface area (Å²) >= 11 is 3.62. The molecule has 1 aliphatic heterocycles. The summed E-state index contributed by atoms with van der Waals surface area (Å²) in [6.07, 6.45) is 4.44. The largest absolute Gasteiger partial charge is 0.378 e. The van der Waals surface area contributed by atoms with Gasteiger partial charge in [-0.25, -0.2) is 0 Å². The Kier molecular flexibility index (Phi) is 3.16. The van der Waals surface area contributed by atoms with E-state index in [-0.39, 0.29) is 5.41 Å². The highest BCUT2D eigenvalue weighted by Crippen LogP contribution is 2.39. The lowest BCUT2D eigenvalue weighted by atomic mass is 9.79. The molecule has 84 valence electrons. The van der Waals surface area contributed by atoms with E-state index in [1.807, 2.05) is 17.9 Å². The maximum absolute atomic E-state index is 5.67. The number of hydrogen-bond donors (Lipinski definition) is 0. The number of nitrogens with zero attached hydrogens (tertiary/aromatic N) is 2. The Morgan fingerprint density at radius 3 is 3.00 bits per heavy atom. The fraction of sp³-hybridized carbons (Fsp3) is 0.727. The molecule has 0 amide bonds. The van der Waals surface area contributed by atoms with Gasteiger partial charge < -0.3 is 4.74 Å². The van der Waals surface area contributed by atoms with Crippen LogP contribution in [0.25, 0.3) is 0 Å². The number of aromatic nitrogens is 2. The molecule has 0 saturated carbocycles. The van der Waals surface area contributed by atoms with E-state index in [1.165, 1.54) is 0 Å². The van der Waals surface area contributed by atoms with Crippen molar-refractivity contribution in [1.29, 1.82) is 0 Å². The van der Waals surface area contributed by atoms with E-state index in [0.29, 0.717) is 6.10 Å². The predicted molar refractivity (Wildman–Crippen MR) is 63.2 cm³/mol. The molecule has 1 aromatic heterocycles. The van der Waals surface area contributed by atoms with E-state index in [1.54, 1.807) is 0 Å². The number of alkyl halides is 1. The zero-order valence-electron chi connectivity index (χ0n) is 9.24. The molecule has 2 rings (SSSR count). The third-order valence-corrected chi connectivity index (χ3v) is 4.52. The van der Waals surface area contributed by atoms with Crippen molar-refractivity contribution in [3.8, 4) is 0 Å². The maximum atomic E-state index is 5.67. The second-order valence-corrected chi connectivity index (χ2v) is 4.98. The van der Waals surface area contributed by atoms with Crippen molar-refractivity contribution in [2.75, 3.05) is 11.9 Å². The molecule has 15 heavy (non-hydrogen) atoms. The number of ether oxygens (including phenoxy) is 1. The fourth-order valence-electron chi connectivity index (χ4n) is 2.19. The predicted octanol–water partition coefficient (Wildman–Crippen LogP) is 2.15. The van der Waals surface area contributed by atoms with Crippen molar-refractivity contribution in [2.24, 2.45) is 12.5 Å². The molecule has 0 aliphatic carbocycles. The van der Waals surface area contributed by atoms with Crippen LogP contribution in [-0.2, 0) is 18.2 Å². The van der Waals surface area contributed by atoms with E-state index < -0.39 is 0 Å². The molecule has 0 N–H and O–H groups in total. The van der Waals surface area contributed by atoms with E-state index >= 15 is 0 Å². The molecule has 1 aliphatic rings. The van der Waals surface area contributed by atoms with Crippen LogP contribution >= 0.6 is 15.9 Å². The topological polar surface area (TPSA) is 27.1 Å². The van der Waals surface area contributed by atoms with Gasteiger partial charge in [0.2, 0.25) is 0 Å². The number of rotatable bonds is 3. The Morgan fingerprint density at radius 1 is 1.73 bits per heavy atom. The van der Waals surface area contributed by atoms with E-state index in [4.69, 9.17) is 4.74 Å². The van der Waals surface area contributed by atoms with Gasteiger partial charge in [-0.15, -0.1) is 0 Å². The number of hydrogen-bond acceptors (Lipinski definition) is 2. The fourth-order valence-corrected chi connectivity index (χ4v) is 3.13. The lowest BCUT2D eigenvalue weighted by Crippen LogP contribution is -2.33. The smallest absolute Gasteiger partial charge is 0.0631 e. The van der Waals surface area contributed by atoms with Crippen LogP contribution in [-0.4, -0.2) is 27.8 Å². The summed E-state index contributed by atoms with van der Waals surface area (Å²) in [7, 11) is 1.96. The van der Waals surface area contributed by atoms with Crippen LogP contribution in [0.1, 0.15) is 19.0 Å². The van der Waals surface area contributed by atoms with Crippen molar-refractivity contribution in [2.45, 2.75) is 25.9 Å². The van der Waals surface area contributed by atoms with E-state index in [9.17, 15) is 0 Å². The van der Waals surface area contributed by atoms with E-state index in [2.05, 4.69) is 34.0 Å². The normalized spacial score (nSPS) is 31.0. The first kappa shape index (κ1) is 11.1. The molecule has 1 aromatic rings. The van der Waals surface area contributed by atoms with Gasteiger partial charge in [-0.05, 0) is 19.4 Å². The maximum Gasteiger partial charge on any atom is 0.0631 e. The molecule has 1 fully saturated rings. The Balaban J connectivity index is 2.14. The molecule has 0 aromatic carbocycles. The van der Waals surface area contributed by atoms with E-state index in [0.717, 1.165) is 30.5 Å². The minimum absolute atomic E-state index is 0.231. The summed E-state index contributed by atoms with van der Waals surface area (Å²) < 4.78 is 7.53. The Morgan fingerprint density at radius 2 is 2.53 bits per heavy atom. The zero-order chi connectivity index (χ0) is 10.9. The van der Waals surface area contributed by atoms with Crippen molar-refractivity contribution in [1.82, 2.24) is 9.78 Å². The second-order valence-electron chi connectivity index (χ2n) is 4.42. The van der Waals surface area contributed by atoms with Gasteiger partial charge in [0.1, 0.15) is 0 Å². The molecular weight excluding hydrogens is 256 g/mol. The van der Waals surface area contributed by atoms with Gasteiger partial charge in [-0.1, -0.05) is 15.9 Å². The molecule has 0 spiro atoms. The van der Waals surface area contributed by atoms with Crippen LogP contribution in [0.2, 0.25) is 0 Å². The van der Waals surface area contributed by atoms with Crippen molar-refractivity contribution < 1.29 is 4.74 Å². The van der Waals surface area contributed by atoms with Crippen molar-refractivity contribution in [3.63, 3.8) is 0 Å². The third-order valence-electron chi connectivity index (χ3n) is 3.40. The molecule has 0 bridgehead atoms. The third kappa shape index (κ3) is 2.11. The number of aryl methyl sites for hydroxylation is 1. The molecule has 2 atom stereocenters. The number of halogens is 1. The van der Waals surface area contributed by atoms with Crippen LogP contribution in [0.3, 0.4) is 0 Å². The summed E-state index contributed by atoms with van der Waals surface area (Å²) in [6.45, 7) is 3.04. The lowest BCUT2D eigenvalue weighted by molar-refractivity contribution is 0.0741. The second kappa shape index (κ2) is 4.26. The average molecular weight is 273 g/mol. The first-order valence-corrected chi connectivity index (χ1v) is 6.44. The van der Waals surface area contributed by atoms with Crippen LogP contribution in [0.4, 0.5) is 0 Å². The van der Waals surface area contributed by atoms with Gasteiger partial charge in [0.05, 0.1) is 11.8 Å². The summed E-state index contributed by atoms with van der Waals surface area (Å²) in [6, 6.07) is 2.09. The summed E-state index contributed by atoms with van der Waals surface area (Å²) in [5.74, 6) is 0.